The Bertz CT molecular complexity index is 479. The molecule has 0 radical (unpaired) electrons. The average Bonchev–Trinajstić information content (AvgIpc) is 2.38. The van der Waals surface area contributed by atoms with Crippen molar-refractivity contribution in [3.8, 4) is 0 Å². The molecule has 2 nitrogen and oxygen atoms in total. The molecule has 0 N–H and O–H groups in total. The highest BCUT2D eigenvalue weighted by Gasteiger charge is 2.14. The lowest BCUT2D eigenvalue weighted by atomic mass is 10.0. The van der Waals surface area contributed by atoms with Gasteiger partial charge in [-0.25, -0.2) is 4.39 Å². The maximum Gasteiger partial charge on any atom is 0.294 e. The summed E-state index contributed by atoms with van der Waals surface area (Å²) < 4.78 is 17.9. The Kier molecular flexibility index (Phi) is 3.50. The summed E-state index contributed by atoms with van der Waals surface area (Å²) >= 11 is 0. The van der Waals surface area contributed by atoms with E-state index in [9.17, 15) is 9.18 Å². The average molecular weight is 230 g/mol. The molecule has 0 saturated carbocycles. The van der Waals surface area contributed by atoms with Gasteiger partial charge in [0.2, 0.25) is 0 Å². The molecule has 0 bridgehead atoms. The van der Waals surface area contributed by atoms with Crippen LogP contribution in [0.15, 0.2) is 54.6 Å². The van der Waals surface area contributed by atoms with Crippen molar-refractivity contribution in [1.82, 2.24) is 0 Å². The van der Waals surface area contributed by atoms with E-state index >= 15 is 0 Å². The first-order valence-electron chi connectivity index (χ1n) is 5.21. The fraction of sp³-hybridized carbons (Fsp3) is 0.0714. The first kappa shape index (κ1) is 11.3. The Morgan fingerprint density at radius 2 is 1.53 bits per heavy atom. The van der Waals surface area contributed by atoms with Gasteiger partial charge in [0.15, 0.2) is 6.10 Å². The Morgan fingerprint density at radius 3 is 2.12 bits per heavy atom. The van der Waals surface area contributed by atoms with E-state index < -0.39 is 6.10 Å². The van der Waals surface area contributed by atoms with E-state index in [2.05, 4.69) is 0 Å². The zero-order chi connectivity index (χ0) is 12.1. The second-order valence-electron chi connectivity index (χ2n) is 3.57. The van der Waals surface area contributed by atoms with Crippen molar-refractivity contribution in [2.75, 3.05) is 0 Å². The summed E-state index contributed by atoms with van der Waals surface area (Å²) in [7, 11) is 0. The number of rotatable bonds is 4. The number of carbonyl (C=O) groups is 1. The number of halogens is 1. The van der Waals surface area contributed by atoms with Crippen LogP contribution in [0.4, 0.5) is 4.39 Å². The van der Waals surface area contributed by atoms with Crippen LogP contribution in [0.3, 0.4) is 0 Å². The van der Waals surface area contributed by atoms with Crippen LogP contribution in [0, 0.1) is 5.82 Å². The summed E-state index contributed by atoms with van der Waals surface area (Å²) in [5.74, 6) is -0.313. The fourth-order valence-corrected chi connectivity index (χ4v) is 1.67. The topological polar surface area (TPSA) is 26.3 Å². The lowest BCUT2D eigenvalue weighted by Crippen LogP contribution is -2.05. The number of carbonyl (C=O) groups excluding carboxylic acids is 1. The summed E-state index contributed by atoms with van der Waals surface area (Å²) in [6.45, 7) is 0.404. The maximum absolute atomic E-state index is 12.8. The highest BCUT2D eigenvalue weighted by atomic mass is 19.1. The minimum absolute atomic E-state index is 0.313. The zero-order valence-corrected chi connectivity index (χ0v) is 9.05. The van der Waals surface area contributed by atoms with E-state index in [4.69, 9.17) is 4.74 Å². The van der Waals surface area contributed by atoms with Crippen molar-refractivity contribution in [3.05, 3.63) is 71.5 Å². The van der Waals surface area contributed by atoms with Crippen LogP contribution in [0.25, 0.3) is 0 Å². The van der Waals surface area contributed by atoms with Gasteiger partial charge in [-0.2, -0.15) is 0 Å². The van der Waals surface area contributed by atoms with E-state index in [1.165, 1.54) is 12.1 Å². The van der Waals surface area contributed by atoms with Crippen molar-refractivity contribution < 1.29 is 13.9 Å². The molecule has 1 unspecified atom stereocenters. The van der Waals surface area contributed by atoms with Crippen molar-refractivity contribution >= 4 is 6.47 Å². The normalized spacial score (nSPS) is 11.8. The van der Waals surface area contributed by atoms with Gasteiger partial charge in [0.05, 0.1) is 0 Å². The molecule has 2 aromatic rings. The molecule has 3 heteroatoms. The maximum atomic E-state index is 12.8. The van der Waals surface area contributed by atoms with E-state index in [0.29, 0.717) is 6.47 Å². The summed E-state index contributed by atoms with van der Waals surface area (Å²) in [5, 5.41) is 0. The molecular formula is C14H11FO2. The van der Waals surface area contributed by atoms with Gasteiger partial charge in [0.25, 0.3) is 6.47 Å². The molecule has 0 aliphatic rings. The van der Waals surface area contributed by atoms with Crippen molar-refractivity contribution in [3.63, 3.8) is 0 Å². The van der Waals surface area contributed by atoms with Crippen molar-refractivity contribution in [2.45, 2.75) is 6.10 Å². The van der Waals surface area contributed by atoms with Crippen molar-refractivity contribution in [2.24, 2.45) is 0 Å². The molecule has 0 saturated heterocycles. The van der Waals surface area contributed by atoms with Crippen LogP contribution in [-0.2, 0) is 9.53 Å². The van der Waals surface area contributed by atoms with Crippen LogP contribution in [0.5, 0.6) is 0 Å². The Labute approximate surface area is 98.7 Å². The molecule has 0 aliphatic carbocycles. The van der Waals surface area contributed by atoms with Gasteiger partial charge < -0.3 is 4.74 Å². The molecule has 0 fully saturated rings. The quantitative estimate of drug-likeness (QED) is 0.754. The summed E-state index contributed by atoms with van der Waals surface area (Å²) in [6.07, 6.45) is -0.491. The molecule has 0 aliphatic heterocycles. The SMILES string of the molecule is O=COC(c1ccccc1)c1ccc(F)cc1. The third-order valence-electron chi connectivity index (χ3n) is 2.47. The van der Waals surface area contributed by atoms with E-state index in [1.807, 2.05) is 30.3 Å². The molecule has 2 rings (SSSR count). The summed E-state index contributed by atoms with van der Waals surface area (Å²) in [6, 6.07) is 15.2. The second-order valence-corrected chi connectivity index (χ2v) is 3.57. The molecule has 2 aromatic carbocycles. The monoisotopic (exact) mass is 230 g/mol. The Morgan fingerprint density at radius 1 is 0.941 bits per heavy atom. The third-order valence-corrected chi connectivity index (χ3v) is 2.47. The molecule has 0 aromatic heterocycles. The predicted molar refractivity (Wildman–Crippen MR) is 61.8 cm³/mol. The molecule has 0 amide bonds. The zero-order valence-electron chi connectivity index (χ0n) is 9.05. The van der Waals surface area contributed by atoms with Crippen LogP contribution in [0.2, 0.25) is 0 Å². The van der Waals surface area contributed by atoms with Gasteiger partial charge in [-0.05, 0) is 23.3 Å². The lowest BCUT2D eigenvalue weighted by Gasteiger charge is -2.15. The van der Waals surface area contributed by atoms with Gasteiger partial charge in [-0.3, -0.25) is 4.79 Å². The van der Waals surface area contributed by atoms with E-state index in [0.717, 1.165) is 11.1 Å². The number of hydrogen-bond donors (Lipinski definition) is 0. The fourth-order valence-electron chi connectivity index (χ4n) is 1.67. The van der Waals surface area contributed by atoms with Gasteiger partial charge in [-0.1, -0.05) is 42.5 Å². The van der Waals surface area contributed by atoms with Gasteiger partial charge >= 0.3 is 0 Å². The van der Waals surface area contributed by atoms with Gasteiger partial charge in [0.1, 0.15) is 5.82 Å². The van der Waals surface area contributed by atoms with Crippen molar-refractivity contribution in [1.29, 1.82) is 0 Å². The van der Waals surface area contributed by atoms with Crippen LogP contribution >= 0.6 is 0 Å². The standard InChI is InChI=1S/C14H11FO2/c15-13-8-6-12(7-9-13)14(17-10-16)11-4-2-1-3-5-11/h1-10,14H. The minimum atomic E-state index is -0.491. The second kappa shape index (κ2) is 5.25. The summed E-state index contributed by atoms with van der Waals surface area (Å²) in [5.41, 5.74) is 1.59. The number of ether oxygens (including phenoxy) is 1. The van der Waals surface area contributed by atoms with Crippen LogP contribution in [-0.4, -0.2) is 6.47 Å². The van der Waals surface area contributed by atoms with Gasteiger partial charge in [0, 0.05) is 0 Å². The Hall–Kier alpha value is -2.16. The number of benzene rings is 2. The minimum Gasteiger partial charge on any atom is -0.455 e. The highest BCUT2D eigenvalue weighted by Crippen LogP contribution is 2.25. The lowest BCUT2D eigenvalue weighted by molar-refractivity contribution is -0.132. The predicted octanol–water partition coefficient (Wildman–Crippen LogP) is 3.09. The Balaban J connectivity index is 2.35. The molecule has 1 atom stereocenters. The van der Waals surface area contributed by atoms with Crippen LogP contribution in [0.1, 0.15) is 17.2 Å². The first-order chi connectivity index (χ1) is 8.31. The molecular weight excluding hydrogens is 219 g/mol. The number of hydrogen-bond acceptors (Lipinski definition) is 2. The third kappa shape index (κ3) is 2.69. The largest absolute Gasteiger partial charge is 0.455 e. The molecule has 86 valence electrons. The van der Waals surface area contributed by atoms with Crippen LogP contribution < -0.4 is 0 Å². The highest BCUT2D eigenvalue weighted by molar-refractivity contribution is 5.41. The van der Waals surface area contributed by atoms with Gasteiger partial charge in [-0.15, -0.1) is 0 Å². The smallest absolute Gasteiger partial charge is 0.294 e. The van der Waals surface area contributed by atoms with E-state index in [1.54, 1.807) is 12.1 Å². The molecule has 0 spiro atoms. The molecule has 17 heavy (non-hydrogen) atoms. The summed E-state index contributed by atoms with van der Waals surface area (Å²) in [4.78, 5) is 10.5. The molecule has 0 heterocycles. The first-order valence-corrected chi connectivity index (χ1v) is 5.21. The van der Waals surface area contributed by atoms with E-state index in [-0.39, 0.29) is 5.82 Å².